The van der Waals surface area contributed by atoms with Crippen molar-refractivity contribution >= 4 is 12.6 Å². The minimum Gasteiger partial charge on any atom is -0.399 e. The lowest BCUT2D eigenvalue weighted by molar-refractivity contribution is -0.136. The second kappa shape index (κ2) is 5.61. The molecular formula is C17H20BF3N2O2. The molecule has 0 radical (unpaired) electrons. The second-order valence-corrected chi connectivity index (χ2v) is 7.32. The first-order chi connectivity index (χ1) is 11.4. The molecule has 134 valence electrons. The molecular weight excluding hydrogens is 332 g/mol. The molecule has 0 unspecified atom stereocenters. The normalized spacial score (nSPS) is 19.4. The van der Waals surface area contributed by atoms with Gasteiger partial charge >= 0.3 is 13.3 Å². The number of aryl methyl sites for hydroxylation is 1. The lowest BCUT2D eigenvalue weighted by Crippen LogP contribution is -2.41. The van der Waals surface area contributed by atoms with Crippen molar-refractivity contribution in [2.45, 2.75) is 52.0 Å². The molecule has 4 nitrogen and oxygen atoms in total. The van der Waals surface area contributed by atoms with Crippen LogP contribution in [-0.4, -0.2) is 28.1 Å². The number of alkyl halides is 3. The molecule has 1 fully saturated rings. The fraction of sp³-hybridized carbons (Fsp3) is 0.471. The predicted molar refractivity (Wildman–Crippen MR) is 89.0 cm³/mol. The first-order valence-corrected chi connectivity index (χ1v) is 7.99. The highest BCUT2D eigenvalue weighted by atomic mass is 19.4. The van der Waals surface area contributed by atoms with Crippen LogP contribution in [0.25, 0.3) is 5.69 Å². The summed E-state index contributed by atoms with van der Waals surface area (Å²) in [5.74, 6) is 0. The number of rotatable bonds is 2. The summed E-state index contributed by atoms with van der Waals surface area (Å²) in [5.41, 5.74) is -1.03. The molecule has 8 heteroatoms. The third kappa shape index (κ3) is 3.20. The van der Waals surface area contributed by atoms with Crippen LogP contribution in [0.5, 0.6) is 0 Å². The monoisotopic (exact) mass is 352 g/mol. The zero-order valence-electron chi connectivity index (χ0n) is 14.8. The molecule has 1 aromatic carbocycles. The van der Waals surface area contributed by atoms with E-state index < -0.39 is 30.1 Å². The van der Waals surface area contributed by atoms with E-state index in [0.29, 0.717) is 5.69 Å². The molecule has 1 aliphatic rings. The third-order valence-corrected chi connectivity index (χ3v) is 4.83. The van der Waals surface area contributed by atoms with Crippen LogP contribution in [0, 0.1) is 6.92 Å². The van der Waals surface area contributed by atoms with Crippen molar-refractivity contribution in [3.05, 3.63) is 41.7 Å². The Kier molecular flexibility index (Phi) is 4.04. The van der Waals surface area contributed by atoms with Gasteiger partial charge in [0.25, 0.3) is 0 Å². The lowest BCUT2D eigenvalue weighted by Gasteiger charge is -2.32. The number of halogens is 3. The predicted octanol–water partition coefficient (Wildman–Crippen LogP) is 3.50. The second-order valence-electron chi connectivity index (χ2n) is 7.32. The molecule has 0 amide bonds. The highest BCUT2D eigenvalue weighted by Gasteiger charge is 2.53. The van der Waals surface area contributed by atoms with Crippen LogP contribution >= 0.6 is 0 Å². The van der Waals surface area contributed by atoms with E-state index in [-0.39, 0.29) is 5.46 Å². The minimum absolute atomic E-state index is 0.0289. The lowest BCUT2D eigenvalue weighted by atomic mass is 9.75. The minimum atomic E-state index is -4.53. The highest BCUT2D eigenvalue weighted by Crippen LogP contribution is 2.38. The summed E-state index contributed by atoms with van der Waals surface area (Å²) >= 11 is 0. The summed E-state index contributed by atoms with van der Waals surface area (Å²) in [6, 6.07) is 4.06. The van der Waals surface area contributed by atoms with Gasteiger partial charge in [-0.25, -0.2) is 4.68 Å². The summed E-state index contributed by atoms with van der Waals surface area (Å²) in [5, 5.41) is 4.07. The van der Waals surface area contributed by atoms with Crippen LogP contribution in [0.4, 0.5) is 13.2 Å². The Bertz CT molecular complexity index is 783. The first-order valence-electron chi connectivity index (χ1n) is 7.99. The number of benzene rings is 1. The smallest absolute Gasteiger partial charge is 0.399 e. The van der Waals surface area contributed by atoms with Crippen LogP contribution in [0.1, 0.15) is 38.8 Å². The van der Waals surface area contributed by atoms with Gasteiger partial charge in [-0.2, -0.15) is 18.3 Å². The average molecular weight is 352 g/mol. The van der Waals surface area contributed by atoms with Gasteiger partial charge in [0.15, 0.2) is 0 Å². The molecule has 25 heavy (non-hydrogen) atoms. The van der Waals surface area contributed by atoms with Crippen LogP contribution in [0.3, 0.4) is 0 Å². The molecule has 0 N–H and O–H groups in total. The third-order valence-electron chi connectivity index (χ3n) is 4.83. The Morgan fingerprint density at radius 1 is 1.08 bits per heavy atom. The van der Waals surface area contributed by atoms with Gasteiger partial charge in [-0.3, -0.25) is 0 Å². The molecule has 1 aromatic heterocycles. The van der Waals surface area contributed by atoms with Gasteiger partial charge < -0.3 is 9.31 Å². The van der Waals surface area contributed by atoms with E-state index >= 15 is 0 Å². The van der Waals surface area contributed by atoms with Gasteiger partial charge in [-0.15, -0.1) is 0 Å². The van der Waals surface area contributed by atoms with E-state index in [1.54, 1.807) is 46.2 Å². The fourth-order valence-electron chi connectivity index (χ4n) is 2.66. The maximum absolute atomic E-state index is 13.6. The zero-order valence-corrected chi connectivity index (χ0v) is 14.8. The van der Waals surface area contributed by atoms with Gasteiger partial charge in [-0.05, 0) is 57.8 Å². The van der Waals surface area contributed by atoms with E-state index in [1.807, 2.05) is 6.92 Å². The zero-order chi connectivity index (χ0) is 18.6. The van der Waals surface area contributed by atoms with Crippen molar-refractivity contribution in [2.75, 3.05) is 0 Å². The number of hydrogen-bond acceptors (Lipinski definition) is 3. The van der Waals surface area contributed by atoms with E-state index in [2.05, 4.69) is 5.10 Å². The largest absolute Gasteiger partial charge is 0.495 e. The average Bonchev–Trinajstić information content (AvgIpc) is 2.99. The molecule has 1 aliphatic heterocycles. The number of aromatic nitrogens is 2. The fourth-order valence-corrected chi connectivity index (χ4v) is 2.66. The summed E-state index contributed by atoms with van der Waals surface area (Å²) in [7, 11) is -1.07. The van der Waals surface area contributed by atoms with Crippen LogP contribution in [0.15, 0.2) is 30.6 Å². The Labute approximate surface area is 145 Å². The molecule has 0 spiro atoms. The summed E-state index contributed by atoms with van der Waals surface area (Å²) in [4.78, 5) is 0. The van der Waals surface area contributed by atoms with Crippen LogP contribution < -0.4 is 5.46 Å². The van der Waals surface area contributed by atoms with E-state index in [4.69, 9.17) is 9.31 Å². The van der Waals surface area contributed by atoms with Gasteiger partial charge in [0.1, 0.15) is 0 Å². The van der Waals surface area contributed by atoms with Crippen molar-refractivity contribution < 1.29 is 22.5 Å². The molecule has 3 rings (SSSR count). The van der Waals surface area contributed by atoms with Gasteiger partial charge in [0, 0.05) is 6.20 Å². The van der Waals surface area contributed by atoms with E-state index in [1.165, 1.54) is 10.7 Å². The van der Waals surface area contributed by atoms with Crippen molar-refractivity contribution in [2.24, 2.45) is 0 Å². The summed E-state index contributed by atoms with van der Waals surface area (Å²) in [6.07, 6.45) is -1.27. The molecule has 0 saturated carbocycles. The topological polar surface area (TPSA) is 36.3 Å². The number of hydrogen-bond donors (Lipinski definition) is 0. The van der Waals surface area contributed by atoms with Crippen molar-refractivity contribution in [1.29, 1.82) is 0 Å². The van der Waals surface area contributed by atoms with E-state index in [0.717, 1.165) is 11.6 Å². The quantitative estimate of drug-likeness (QED) is 0.777. The number of nitrogens with zero attached hydrogens (tertiary/aromatic N) is 2. The molecule has 2 aromatic rings. The van der Waals surface area contributed by atoms with Gasteiger partial charge in [0.2, 0.25) is 0 Å². The standard InChI is InChI=1S/C17H20BF3N2O2/c1-11-9-22-23(10-11)12-6-7-14(13(8-12)17(19,20)21)18-24-15(2,3)16(4,5)25-18/h6-10H,1-5H3. The van der Waals surface area contributed by atoms with Crippen LogP contribution in [0.2, 0.25) is 0 Å². The summed E-state index contributed by atoms with van der Waals surface area (Å²) < 4.78 is 53.9. The molecule has 2 heterocycles. The van der Waals surface area contributed by atoms with Crippen molar-refractivity contribution in [1.82, 2.24) is 9.78 Å². The van der Waals surface area contributed by atoms with Crippen LogP contribution in [-0.2, 0) is 15.5 Å². The molecule has 1 saturated heterocycles. The Morgan fingerprint density at radius 3 is 2.16 bits per heavy atom. The maximum Gasteiger partial charge on any atom is 0.495 e. The molecule has 0 atom stereocenters. The van der Waals surface area contributed by atoms with Crippen molar-refractivity contribution in [3.63, 3.8) is 0 Å². The summed E-state index contributed by atoms with van der Waals surface area (Å²) in [6.45, 7) is 9.05. The van der Waals surface area contributed by atoms with Gasteiger partial charge in [0.05, 0.1) is 28.6 Å². The Morgan fingerprint density at radius 2 is 1.68 bits per heavy atom. The Balaban J connectivity index is 2.06. The van der Waals surface area contributed by atoms with Gasteiger partial charge in [-0.1, -0.05) is 6.07 Å². The molecule has 0 bridgehead atoms. The Hall–Kier alpha value is -1.80. The first kappa shape index (κ1) is 18.0. The van der Waals surface area contributed by atoms with Crippen molar-refractivity contribution in [3.8, 4) is 5.69 Å². The highest BCUT2D eigenvalue weighted by molar-refractivity contribution is 6.62. The molecule has 0 aliphatic carbocycles. The SMILES string of the molecule is Cc1cnn(-c2ccc(B3OC(C)(C)C(C)(C)O3)c(C(F)(F)F)c2)c1. The maximum atomic E-state index is 13.6. The van der Waals surface area contributed by atoms with E-state index in [9.17, 15) is 13.2 Å².